The Labute approximate surface area is 119 Å². The molecular weight excluding hydrogens is 289 g/mol. The topological polar surface area (TPSA) is 38.0 Å². The summed E-state index contributed by atoms with van der Waals surface area (Å²) in [7, 11) is 0. The summed E-state index contributed by atoms with van der Waals surface area (Å²) in [6, 6.07) is 8.51. The van der Waals surface area contributed by atoms with Crippen LogP contribution in [0.2, 0.25) is 5.02 Å². The molecule has 2 aromatic carbocycles. The molecule has 0 aromatic heterocycles. The van der Waals surface area contributed by atoms with Crippen LogP contribution in [0.25, 0.3) is 0 Å². The predicted octanol–water partition coefficient (Wildman–Crippen LogP) is 4.99. The standard InChI is InChI=1S/C14H12ClF3N2/c1-8-2-11(19)7-12(3-8)20-13-5-9(14(16,17)18)4-10(15)6-13/h2-7,20H,19H2,1H3. The number of anilines is 3. The van der Waals surface area contributed by atoms with Crippen molar-refractivity contribution >= 4 is 28.7 Å². The van der Waals surface area contributed by atoms with Gasteiger partial charge in [-0.1, -0.05) is 11.6 Å². The first-order valence-corrected chi connectivity index (χ1v) is 6.14. The molecule has 0 fully saturated rings. The van der Waals surface area contributed by atoms with E-state index in [2.05, 4.69) is 5.32 Å². The third-order valence-corrected chi connectivity index (χ3v) is 2.83. The van der Waals surface area contributed by atoms with E-state index in [1.54, 1.807) is 18.2 Å². The zero-order valence-electron chi connectivity index (χ0n) is 10.6. The maximum absolute atomic E-state index is 12.7. The molecule has 0 saturated carbocycles. The fourth-order valence-electron chi connectivity index (χ4n) is 1.88. The molecule has 2 rings (SSSR count). The lowest BCUT2D eigenvalue weighted by Gasteiger charge is -2.12. The molecule has 0 spiro atoms. The number of nitrogen functional groups attached to an aromatic ring is 1. The molecule has 0 atom stereocenters. The summed E-state index contributed by atoms with van der Waals surface area (Å²) in [6.45, 7) is 1.85. The van der Waals surface area contributed by atoms with Gasteiger partial charge in [-0.05, 0) is 48.9 Å². The molecule has 0 saturated heterocycles. The minimum Gasteiger partial charge on any atom is -0.399 e. The van der Waals surface area contributed by atoms with Gasteiger partial charge in [-0.3, -0.25) is 0 Å². The van der Waals surface area contributed by atoms with E-state index in [1.165, 1.54) is 6.07 Å². The number of nitrogens with two attached hydrogens (primary N) is 1. The third-order valence-electron chi connectivity index (χ3n) is 2.61. The summed E-state index contributed by atoms with van der Waals surface area (Å²) in [5.41, 5.74) is 7.21. The van der Waals surface area contributed by atoms with Gasteiger partial charge < -0.3 is 11.1 Å². The van der Waals surface area contributed by atoms with Gasteiger partial charge in [0.25, 0.3) is 0 Å². The summed E-state index contributed by atoms with van der Waals surface area (Å²) < 4.78 is 38.1. The van der Waals surface area contributed by atoms with E-state index in [-0.39, 0.29) is 10.7 Å². The maximum atomic E-state index is 12.7. The molecule has 0 radical (unpaired) electrons. The van der Waals surface area contributed by atoms with Gasteiger partial charge in [0.15, 0.2) is 0 Å². The minimum atomic E-state index is -4.44. The van der Waals surface area contributed by atoms with Crippen LogP contribution in [0.1, 0.15) is 11.1 Å². The second-order valence-electron chi connectivity index (χ2n) is 4.48. The van der Waals surface area contributed by atoms with E-state index in [9.17, 15) is 13.2 Å². The first-order chi connectivity index (χ1) is 9.24. The number of halogens is 4. The van der Waals surface area contributed by atoms with E-state index in [4.69, 9.17) is 17.3 Å². The lowest BCUT2D eigenvalue weighted by molar-refractivity contribution is -0.137. The van der Waals surface area contributed by atoms with E-state index in [0.29, 0.717) is 11.4 Å². The Kier molecular flexibility index (Phi) is 3.81. The minimum absolute atomic E-state index is 0.0166. The molecule has 0 bridgehead atoms. The molecule has 0 amide bonds. The van der Waals surface area contributed by atoms with Crippen molar-refractivity contribution in [3.63, 3.8) is 0 Å². The van der Waals surface area contributed by atoms with Gasteiger partial charge in [0.2, 0.25) is 0 Å². The van der Waals surface area contributed by atoms with Crippen LogP contribution in [0.15, 0.2) is 36.4 Å². The van der Waals surface area contributed by atoms with Gasteiger partial charge in [0, 0.05) is 22.1 Å². The molecule has 106 valence electrons. The smallest absolute Gasteiger partial charge is 0.399 e. The Bertz CT molecular complexity index is 619. The average Bonchev–Trinajstić information content (AvgIpc) is 2.25. The van der Waals surface area contributed by atoms with Gasteiger partial charge in [-0.15, -0.1) is 0 Å². The summed E-state index contributed by atoms with van der Waals surface area (Å²) in [5, 5.41) is 2.89. The fraction of sp³-hybridized carbons (Fsp3) is 0.143. The maximum Gasteiger partial charge on any atom is 0.416 e. The molecule has 0 aliphatic heterocycles. The highest BCUT2D eigenvalue weighted by Gasteiger charge is 2.31. The molecule has 20 heavy (non-hydrogen) atoms. The number of hydrogen-bond acceptors (Lipinski definition) is 2. The van der Waals surface area contributed by atoms with E-state index >= 15 is 0 Å². The van der Waals surface area contributed by atoms with Gasteiger partial charge in [0.05, 0.1) is 5.56 Å². The SMILES string of the molecule is Cc1cc(N)cc(Nc2cc(Cl)cc(C(F)(F)F)c2)c1. The van der Waals surface area contributed by atoms with E-state index in [0.717, 1.165) is 17.7 Å². The van der Waals surface area contributed by atoms with Gasteiger partial charge >= 0.3 is 6.18 Å². The Morgan fingerprint density at radius 3 is 2.25 bits per heavy atom. The quantitative estimate of drug-likeness (QED) is 0.767. The Morgan fingerprint density at radius 2 is 1.65 bits per heavy atom. The van der Waals surface area contributed by atoms with Crippen LogP contribution in [0.5, 0.6) is 0 Å². The fourth-order valence-corrected chi connectivity index (χ4v) is 2.11. The number of hydrogen-bond donors (Lipinski definition) is 2. The van der Waals surface area contributed by atoms with Crippen LogP contribution in [0.3, 0.4) is 0 Å². The predicted molar refractivity (Wildman–Crippen MR) is 75.3 cm³/mol. The third kappa shape index (κ3) is 3.57. The summed E-state index contributed by atoms with van der Waals surface area (Å²) in [5.74, 6) is 0. The molecule has 0 aliphatic carbocycles. The van der Waals surface area contributed by atoms with Crippen LogP contribution in [-0.4, -0.2) is 0 Å². The van der Waals surface area contributed by atoms with Gasteiger partial charge in [0.1, 0.15) is 0 Å². The number of rotatable bonds is 2. The van der Waals surface area contributed by atoms with Crippen molar-refractivity contribution < 1.29 is 13.2 Å². The Hall–Kier alpha value is -1.88. The number of alkyl halides is 3. The molecular formula is C14H12ClF3N2. The summed E-state index contributed by atoms with van der Waals surface area (Å²) in [4.78, 5) is 0. The van der Waals surface area contributed by atoms with Gasteiger partial charge in [-0.2, -0.15) is 13.2 Å². The lowest BCUT2D eigenvalue weighted by atomic mass is 10.1. The second-order valence-corrected chi connectivity index (χ2v) is 4.92. The largest absolute Gasteiger partial charge is 0.416 e. The highest BCUT2D eigenvalue weighted by atomic mass is 35.5. The molecule has 0 aliphatic rings. The normalized spacial score (nSPS) is 11.4. The number of nitrogens with one attached hydrogen (secondary N) is 1. The van der Waals surface area contributed by atoms with Crippen LogP contribution in [0, 0.1) is 6.92 Å². The first kappa shape index (κ1) is 14.5. The molecule has 0 heterocycles. The van der Waals surface area contributed by atoms with Crippen LogP contribution >= 0.6 is 11.6 Å². The Balaban J connectivity index is 2.36. The molecule has 0 unspecified atom stereocenters. The van der Waals surface area contributed by atoms with E-state index < -0.39 is 11.7 Å². The summed E-state index contributed by atoms with van der Waals surface area (Å²) >= 11 is 5.72. The number of aryl methyl sites for hydroxylation is 1. The van der Waals surface area contributed by atoms with Crippen molar-refractivity contribution in [2.45, 2.75) is 13.1 Å². The molecule has 2 nitrogen and oxygen atoms in total. The van der Waals surface area contributed by atoms with Crippen molar-refractivity contribution in [2.24, 2.45) is 0 Å². The van der Waals surface area contributed by atoms with Crippen LogP contribution in [0.4, 0.5) is 30.2 Å². The van der Waals surface area contributed by atoms with Crippen molar-refractivity contribution in [3.8, 4) is 0 Å². The summed E-state index contributed by atoms with van der Waals surface area (Å²) in [6.07, 6.45) is -4.44. The molecule has 3 N–H and O–H groups in total. The lowest BCUT2D eigenvalue weighted by Crippen LogP contribution is -2.05. The highest BCUT2D eigenvalue weighted by molar-refractivity contribution is 6.31. The second kappa shape index (κ2) is 5.25. The van der Waals surface area contributed by atoms with Crippen molar-refractivity contribution in [1.82, 2.24) is 0 Å². The average molecular weight is 301 g/mol. The zero-order valence-corrected chi connectivity index (χ0v) is 11.3. The first-order valence-electron chi connectivity index (χ1n) is 5.76. The van der Waals surface area contributed by atoms with Crippen LogP contribution in [-0.2, 0) is 6.18 Å². The van der Waals surface area contributed by atoms with Crippen molar-refractivity contribution in [2.75, 3.05) is 11.1 Å². The van der Waals surface area contributed by atoms with Gasteiger partial charge in [-0.25, -0.2) is 0 Å². The zero-order chi connectivity index (χ0) is 14.9. The molecule has 6 heteroatoms. The number of benzene rings is 2. The highest BCUT2D eigenvalue weighted by Crippen LogP contribution is 2.34. The van der Waals surface area contributed by atoms with Crippen LogP contribution < -0.4 is 11.1 Å². The van der Waals surface area contributed by atoms with Crippen molar-refractivity contribution in [3.05, 3.63) is 52.5 Å². The Morgan fingerprint density at radius 1 is 1.00 bits per heavy atom. The van der Waals surface area contributed by atoms with Crippen molar-refractivity contribution in [1.29, 1.82) is 0 Å². The van der Waals surface area contributed by atoms with E-state index in [1.807, 2.05) is 6.92 Å². The monoisotopic (exact) mass is 300 g/mol. The molecule has 2 aromatic rings.